The second-order valence-electron chi connectivity index (χ2n) is 4.36. The summed E-state index contributed by atoms with van der Waals surface area (Å²) in [4.78, 5) is 2.25. The van der Waals surface area contributed by atoms with E-state index in [4.69, 9.17) is 0 Å². The first-order chi connectivity index (χ1) is 7.65. The fourth-order valence-electron chi connectivity index (χ4n) is 1.83. The van der Waals surface area contributed by atoms with Gasteiger partial charge in [0.05, 0.1) is 0 Å². The van der Waals surface area contributed by atoms with Gasteiger partial charge in [0.15, 0.2) is 0 Å². The lowest BCUT2D eigenvalue weighted by Gasteiger charge is -2.12. The van der Waals surface area contributed by atoms with Crippen molar-refractivity contribution in [3.63, 3.8) is 0 Å². The normalized spacial score (nSPS) is 13.3. The molecule has 0 aromatic rings. The molecule has 1 heteroatoms. The van der Waals surface area contributed by atoms with E-state index in [0.29, 0.717) is 0 Å². The molecular weight excluding hydrogens is 194 g/mol. The Balaban J connectivity index is 4.11. The Morgan fingerprint density at radius 3 is 2.31 bits per heavy atom. The lowest BCUT2D eigenvalue weighted by Crippen LogP contribution is -2.12. The Hall–Kier alpha value is -0.820. The third kappa shape index (κ3) is 6.62. The molecule has 0 unspecified atom stereocenters. The van der Waals surface area contributed by atoms with Gasteiger partial charge in [0, 0.05) is 0 Å². The van der Waals surface area contributed by atoms with E-state index >= 15 is 0 Å². The molecule has 0 amide bonds. The Bertz CT molecular complexity index is 246. The van der Waals surface area contributed by atoms with Crippen LogP contribution in [0.2, 0.25) is 0 Å². The third-order valence-corrected chi connectivity index (χ3v) is 2.76. The predicted molar refractivity (Wildman–Crippen MR) is 74.7 cm³/mol. The highest BCUT2D eigenvalue weighted by molar-refractivity contribution is 5.32. The lowest BCUT2D eigenvalue weighted by molar-refractivity contribution is 0.394. The fourth-order valence-corrected chi connectivity index (χ4v) is 1.83. The molecule has 0 heterocycles. The van der Waals surface area contributed by atoms with E-state index < -0.39 is 0 Å². The highest BCUT2D eigenvalue weighted by Gasteiger charge is 2.01. The first-order valence-corrected chi connectivity index (χ1v) is 6.27. The van der Waals surface area contributed by atoms with E-state index in [9.17, 15) is 0 Å². The molecule has 0 radical (unpaired) electrons. The minimum atomic E-state index is 1.10. The third-order valence-electron chi connectivity index (χ3n) is 2.76. The van der Waals surface area contributed by atoms with Crippen molar-refractivity contribution >= 4 is 0 Å². The van der Waals surface area contributed by atoms with Crippen molar-refractivity contribution in [1.29, 1.82) is 0 Å². The zero-order valence-electron chi connectivity index (χ0n) is 11.4. The molecule has 0 bridgehead atoms. The van der Waals surface area contributed by atoms with Crippen LogP contribution in [0.25, 0.3) is 0 Å². The van der Waals surface area contributed by atoms with Crippen molar-refractivity contribution in [2.75, 3.05) is 20.6 Å². The molecule has 0 atom stereocenters. The van der Waals surface area contributed by atoms with E-state index in [1.807, 2.05) is 6.08 Å². The van der Waals surface area contributed by atoms with Gasteiger partial charge >= 0.3 is 0 Å². The minimum absolute atomic E-state index is 1.10. The molecule has 0 aromatic heterocycles. The molecule has 0 rings (SSSR count). The summed E-state index contributed by atoms with van der Waals surface area (Å²) in [6.07, 6.45) is 11.1. The summed E-state index contributed by atoms with van der Waals surface area (Å²) in [5.41, 5.74) is 2.92. The molecule has 0 aliphatic heterocycles. The van der Waals surface area contributed by atoms with Gasteiger partial charge in [0.1, 0.15) is 0 Å². The Labute approximate surface area is 102 Å². The van der Waals surface area contributed by atoms with E-state index in [0.717, 1.165) is 6.42 Å². The van der Waals surface area contributed by atoms with Crippen molar-refractivity contribution in [2.45, 2.75) is 39.5 Å². The van der Waals surface area contributed by atoms with Crippen molar-refractivity contribution in [3.8, 4) is 0 Å². The van der Waals surface area contributed by atoms with Gasteiger partial charge in [-0.3, -0.25) is 0 Å². The number of hydrogen-bond acceptors (Lipinski definition) is 1. The van der Waals surface area contributed by atoms with Crippen molar-refractivity contribution < 1.29 is 0 Å². The van der Waals surface area contributed by atoms with Gasteiger partial charge < -0.3 is 4.90 Å². The van der Waals surface area contributed by atoms with Crippen LogP contribution < -0.4 is 0 Å². The second kappa shape index (κ2) is 9.41. The lowest BCUT2D eigenvalue weighted by atomic mass is 9.97. The summed E-state index contributed by atoms with van der Waals surface area (Å²) >= 11 is 0. The van der Waals surface area contributed by atoms with Gasteiger partial charge in [-0.2, -0.15) is 0 Å². The Morgan fingerprint density at radius 1 is 1.19 bits per heavy atom. The summed E-state index contributed by atoms with van der Waals surface area (Å²) in [7, 11) is 4.26. The molecule has 16 heavy (non-hydrogen) atoms. The second-order valence-corrected chi connectivity index (χ2v) is 4.36. The summed E-state index contributed by atoms with van der Waals surface area (Å²) in [5.74, 6) is 0. The zero-order chi connectivity index (χ0) is 12.4. The topological polar surface area (TPSA) is 3.24 Å². The van der Waals surface area contributed by atoms with E-state index in [2.05, 4.69) is 51.6 Å². The number of hydrogen-bond donors (Lipinski definition) is 0. The SMILES string of the molecule is C=C/C=C(CC)\C(=C/C)CCCCN(C)C. The molecule has 0 fully saturated rings. The van der Waals surface area contributed by atoms with E-state index in [1.54, 1.807) is 0 Å². The Morgan fingerprint density at radius 2 is 1.88 bits per heavy atom. The van der Waals surface area contributed by atoms with Crippen LogP contribution >= 0.6 is 0 Å². The van der Waals surface area contributed by atoms with Crippen LogP contribution in [0.1, 0.15) is 39.5 Å². The molecule has 92 valence electrons. The molecule has 0 spiro atoms. The van der Waals surface area contributed by atoms with Crippen LogP contribution in [-0.2, 0) is 0 Å². The molecule has 0 saturated carbocycles. The highest BCUT2D eigenvalue weighted by atomic mass is 15.0. The van der Waals surface area contributed by atoms with Crippen molar-refractivity contribution in [3.05, 3.63) is 36.0 Å². The first kappa shape index (κ1) is 15.2. The largest absolute Gasteiger partial charge is 0.309 e. The van der Waals surface area contributed by atoms with Crippen LogP contribution in [0.5, 0.6) is 0 Å². The average molecular weight is 221 g/mol. The number of rotatable bonds is 8. The summed E-state index contributed by atoms with van der Waals surface area (Å²) in [6.45, 7) is 9.30. The maximum absolute atomic E-state index is 3.77. The van der Waals surface area contributed by atoms with E-state index in [1.165, 1.54) is 37.0 Å². The molecule has 0 aliphatic carbocycles. The number of unbranched alkanes of at least 4 members (excludes halogenated alkanes) is 1. The quantitative estimate of drug-likeness (QED) is 0.439. The number of allylic oxidation sites excluding steroid dienone is 5. The molecule has 0 aliphatic rings. The average Bonchev–Trinajstić information content (AvgIpc) is 2.26. The van der Waals surface area contributed by atoms with Crippen LogP contribution in [0.3, 0.4) is 0 Å². The Kier molecular flexibility index (Phi) is 8.93. The van der Waals surface area contributed by atoms with Crippen LogP contribution in [-0.4, -0.2) is 25.5 Å². The summed E-state index contributed by atoms with van der Waals surface area (Å²) in [6, 6.07) is 0. The molecule has 1 nitrogen and oxygen atoms in total. The van der Waals surface area contributed by atoms with Gasteiger partial charge in [-0.15, -0.1) is 0 Å². The molecule has 0 aromatic carbocycles. The monoisotopic (exact) mass is 221 g/mol. The van der Waals surface area contributed by atoms with Crippen LogP contribution in [0.4, 0.5) is 0 Å². The highest BCUT2D eigenvalue weighted by Crippen LogP contribution is 2.20. The molecule has 0 saturated heterocycles. The smallest absolute Gasteiger partial charge is 0.00247 e. The summed E-state index contributed by atoms with van der Waals surface area (Å²) < 4.78 is 0. The number of nitrogens with zero attached hydrogens (tertiary/aromatic N) is 1. The van der Waals surface area contributed by atoms with Gasteiger partial charge in [0.25, 0.3) is 0 Å². The van der Waals surface area contributed by atoms with Gasteiger partial charge in [-0.05, 0) is 64.4 Å². The first-order valence-electron chi connectivity index (χ1n) is 6.27. The van der Waals surface area contributed by atoms with E-state index in [-0.39, 0.29) is 0 Å². The zero-order valence-corrected chi connectivity index (χ0v) is 11.4. The van der Waals surface area contributed by atoms with Crippen LogP contribution in [0, 0.1) is 0 Å². The van der Waals surface area contributed by atoms with Crippen LogP contribution in [0.15, 0.2) is 36.0 Å². The van der Waals surface area contributed by atoms with Gasteiger partial charge in [0.2, 0.25) is 0 Å². The summed E-state index contributed by atoms with van der Waals surface area (Å²) in [5, 5.41) is 0. The van der Waals surface area contributed by atoms with Crippen molar-refractivity contribution in [2.24, 2.45) is 0 Å². The molecule has 0 N–H and O–H groups in total. The minimum Gasteiger partial charge on any atom is -0.309 e. The standard InChI is InChI=1S/C15H27N/c1-6-11-14(7-2)15(8-3)12-9-10-13-16(4)5/h6,8,11H,1,7,9-10,12-13H2,2-5H3/b14-11-,15-8-. The van der Waals surface area contributed by atoms with Gasteiger partial charge in [-0.1, -0.05) is 31.7 Å². The van der Waals surface area contributed by atoms with Crippen molar-refractivity contribution in [1.82, 2.24) is 4.90 Å². The maximum Gasteiger partial charge on any atom is -0.00247 e. The predicted octanol–water partition coefficient (Wildman–Crippen LogP) is 4.19. The fraction of sp³-hybridized carbons (Fsp3) is 0.600. The maximum atomic E-state index is 3.77. The van der Waals surface area contributed by atoms with Gasteiger partial charge in [-0.25, -0.2) is 0 Å². The molecular formula is C15H27N.